The van der Waals surface area contributed by atoms with Gasteiger partial charge in [-0.15, -0.1) is 0 Å². The van der Waals surface area contributed by atoms with E-state index >= 15 is 0 Å². The van der Waals surface area contributed by atoms with Gasteiger partial charge in [0.05, 0.1) is 0 Å². The first kappa shape index (κ1) is 22.9. The number of nitrogens with zero attached hydrogens (tertiary/aromatic N) is 3. The number of hydrogen-bond acceptors (Lipinski definition) is 3. The van der Waals surface area contributed by atoms with Crippen molar-refractivity contribution in [3.63, 3.8) is 0 Å². The molecule has 0 aliphatic heterocycles. The molecule has 0 radical (unpaired) electrons. The van der Waals surface area contributed by atoms with Crippen molar-refractivity contribution in [1.29, 1.82) is 0 Å². The molecule has 2 aliphatic rings. The number of hydrogen-bond donors (Lipinski definition) is 0. The van der Waals surface area contributed by atoms with Gasteiger partial charge in [0, 0.05) is 46.1 Å². The third-order valence-corrected chi connectivity index (χ3v) is 5.89. The summed E-state index contributed by atoms with van der Waals surface area (Å²) in [5, 5.41) is 0. The average molecular weight is 368 g/mol. The van der Waals surface area contributed by atoms with Crippen molar-refractivity contribution in [2.45, 2.75) is 64.3 Å². The number of carbonyl (C=O) groups is 2. The summed E-state index contributed by atoms with van der Waals surface area (Å²) < 4.78 is 0. The van der Waals surface area contributed by atoms with E-state index in [-0.39, 0.29) is 5.92 Å². The predicted molar refractivity (Wildman–Crippen MR) is 108 cm³/mol. The molecule has 5 heteroatoms. The fraction of sp³-hybridized carbons (Fsp3) is 0.905. The second-order valence-electron chi connectivity index (χ2n) is 8.91. The van der Waals surface area contributed by atoms with Gasteiger partial charge in [0.2, 0.25) is 11.8 Å². The van der Waals surface area contributed by atoms with Gasteiger partial charge in [0.1, 0.15) is 0 Å². The summed E-state index contributed by atoms with van der Waals surface area (Å²) in [6.45, 7) is 2.25. The first-order valence-electron chi connectivity index (χ1n) is 10.2. The Morgan fingerprint density at radius 2 is 1.15 bits per heavy atom. The smallest absolute Gasteiger partial charge is 0.225 e. The molecule has 2 amide bonds. The molecule has 2 aliphatic carbocycles. The first-order chi connectivity index (χ1) is 12.1. The second-order valence-corrected chi connectivity index (χ2v) is 8.91. The van der Waals surface area contributed by atoms with Crippen LogP contribution in [0.25, 0.3) is 0 Å². The fourth-order valence-electron chi connectivity index (χ4n) is 4.25. The van der Waals surface area contributed by atoms with Crippen molar-refractivity contribution in [1.82, 2.24) is 14.7 Å². The highest BCUT2D eigenvalue weighted by atomic mass is 16.2. The number of amides is 2. The van der Waals surface area contributed by atoms with Gasteiger partial charge in [-0.05, 0) is 52.1 Å². The number of carbonyl (C=O) groups excluding carboxylic acids is 2. The molecule has 0 aromatic rings. The summed E-state index contributed by atoms with van der Waals surface area (Å²) in [6.07, 6.45) is 9.25. The van der Waals surface area contributed by atoms with Crippen LogP contribution in [0.4, 0.5) is 0 Å². The van der Waals surface area contributed by atoms with Crippen LogP contribution in [0.1, 0.15) is 58.3 Å². The summed E-state index contributed by atoms with van der Waals surface area (Å²) in [6, 6.07) is 0.595. The summed E-state index contributed by atoms with van der Waals surface area (Å²) in [7, 11) is 11.6. The zero-order valence-corrected chi connectivity index (χ0v) is 18.1. The van der Waals surface area contributed by atoms with Crippen LogP contribution < -0.4 is 0 Å². The molecule has 2 rings (SSSR count). The lowest BCUT2D eigenvalue weighted by Gasteiger charge is -2.33. The molecule has 0 heterocycles. The van der Waals surface area contributed by atoms with E-state index in [1.807, 2.05) is 28.2 Å². The summed E-state index contributed by atoms with van der Waals surface area (Å²) >= 11 is 0. The van der Waals surface area contributed by atoms with Crippen molar-refractivity contribution in [3.8, 4) is 0 Å². The molecular weight excluding hydrogens is 326 g/mol. The quantitative estimate of drug-likeness (QED) is 0.770. The van der Waals surface area contributed by atoms with Crippen molar-refractivity contribution < 1.29 is 9.59 Å². The average Bonchev–Trinajstić information content (AvgIpc) is 2.60. The van der Waals surface area contributed by atoms with Gasteiger partial charge < -0.3 is 14.7 Å². The van der Waals surface area contributed by atoms with Crippen LogP contribution in [-0.2, 0) is 9.59 Å². The Morgan fingerprint density at radius 1 is 0.692 bits per heavy atom. The molecule has 0 aromatic carbocycles. The Balaban J connectivity index is 0.000000263. The Kier molecular flexibility index (Phi) is 9.62. The molecule has 0 spiro atoms. The van der Waals surface area contributed by atoms with Crippen molar-refractivity contribution in [2.75, 3.05) is 42.3 Å². The Bertz CT molecular complexity index is 449. The molecule has 0 N–H and O–H groups in total. The van der Waals surface area contributed by atoms with E-state index in [2.05, 4.69) is 25.9 Å². The first-order valence-corrected chi connectivity index (χ1v) is 10.2. The molecule has 4 unspecified atom stereocenters. The minimum Gasteiger partial charge on any atom is -0.349 e. The lowest BCUT2D eigenvalue weighted by atomic mass is 9.82. The van der Waals surface area contributed by atoms with E-state index in [4.69, 9.17) is 0 Å². The molecule has 152 valence electrons. The van der Waals surface area contributed by atoms with Crippen LogP contribution in [-0.4, -0.2) is 74.8 Å². The van der Waals surface area contributed by atoms with Crippen molar-refractivity contribution in [3.05, 3.63) is 0 Å². The molecule has 0 aromatic heterocycles. The van der Waals surface area contributed by atoms with E-state index in [0.717, 1.165) is 31.6 Å². The highest BCUT2D eigenvalue weighted by molar-refractivity contribution is 5.78. The molecule has 26 heavy (non-hydrogen) atoms. The van der Waals surface area contributed by atoms with Gasteiger partial charge in [-0.1, -0.05) is 26.2 Å². The van der Waals surface area contributed by atoms with E-state index in [1.165, 1.54) is 25.7 Å². The van der Waals surface area contributed by atoms with Crippen LogP contribution >= 0.6 is 0 Å². The highest BCUT2D eigenvalue weighted by Gasteiger charge is 2.29. The van der Waals surface area contributed by atoms with Crippen molar-refractivity contribution in [2.24, 2.45) is 17.8 Å². The fourth-order valence-corrected chi connectivity index (χ4v) is 4.25. The van der Waals surface area contributed by atoms with Crippen LogP contribution in [0.5, 0.6) is 0 Å². The maximum Gasteiger partial charge on any atom is 0.225 e. The number of rotatable bonds is 3. The van der Waals surface area contributed by atoms with Gasteiger partial charge in [-0.25, -0.2) is 0 Å². The molecule has 4 atom stereocenters. The van der Waals surface area contributed by atoms with Gasteiger partial charge in [0.15, 0.2) is 0 Å². The summed E-state index contributed by atoms with van der Waals surface area (Å²) in [4.78, 5) is 29.0. The molecule has 2 fully saturated rings. The topological polar surface area (TPSA) is 43.9 Å². The maximum absolute atomic E-state index is 11.8. The zero-order chi connectivity index (χ0) is 19.9. The predicted octanol–water partition coefficient (Wildman–Crippen LogP) is 3.10. The van der Waals surface area contributed by atoms with Gasteiger partial charge in [-0.3, -0.25) is 9.59 Å². The molecule has 0 saturated heterocycles. The van der Waals surface area contributed by atoms with Crippen LogP contribution in [0.2, 0.25) is 0 Å². The van der Waals surface area contributed by atoms with Gasteiger partial charge in [0.25, 0.3) is 0 Å². The SMILES string of the molecule is CC1CCCC(C(=O)N(C)C)C1.CN(C)C(=O)C1CCCC(N(C)C)C1. The largest absolute Gasteiger partial charge is 0.349 e. The standard InChI is InChI=1S/C11H22N2O.C10H19NO/c1-12(2)10-7-5-6-9(8-10)11(14)13(3)4;1-8-5-4-6-9(7-8)10(12)11(2)3/h9-10H,5-8H2,1-4H3;8-9H,4-7H2,1-3H3. The van der Waals surface area contributed by atoms with Crippen LogP contribution in [0, 0.1) is 17.8 Å². The Hall–Kier alpha value is -1.10. The lowest BCUT2D eigenvalue weighted by Crippen LogP contribution is -2.39. The Labute approximate surface area is 161 Å². The molecular formula is C21H41N3O2. The van der Waals surface area contributed by atoms with Crippen molar-refractivity contribution >= 4 is 11.8 Å². The minimum atomic E-state index is 0.256. The van der Waals surface area contributed by atoms with E-state index < -0.39 is 0 Å². The van der Waals surface area contributed by atoms with Gasteiger partial charge in [-0.2, -0.15) is 0 Å². The minimum absolute atomic E-state index is 0.256. The Morgan fingerprint density at radius 3 is 1.58 bits per heavy atom. The maximum atomic E-state index is 11.8. The third-order valence-electron chi connectivity index (χ3n) is 5.89. The summed E-state index contributed by atoms with van der Waals surface area (Å²) in [5.74, 6) is 1.93. The normalized spacial score (nSPS) is 28.8. The molecule has 0 bridgehead atoms. The lowest BCUT2D eigenvalue weighted by molar-refractivity contribution is -0.135. The van der Waals surface area contributed by atoms with Gasteiger partial charge >= 0.3 is 0 Å². The van der Waals surface area contributed by atoms with E-state index in [1.54, 1.807) is 9.80 Å². The van der Waals surface area contributed by atoms with E-state index in [9.17, 15) is 9.59 Å². The van der Waals surface area contributed by atoms with Crippen LogP contribution in [0.15, 0.2) is 0 Å². The highest BCUT2D eigenvalue weighted by Crippen LogP contribution is 2.29. The molecule has 2 saturated carbocycles. The molecule has 5 nitrogen and oxygen atoms in total. The van der Waals surface area contributed by atoms with E-state index in [0.29, 0.717) is 23.8 Å². The summed E-state index contributed by atoms with van der Waals surface area (Å²) in [5.41, 5.74) is 0. The second kappa shape index (κ2) is 10.9. The zero-order valence-electron chi connectivity index (χ0n) is 18.1. The van der Waals surface area contributed by atoms with Crippen LogP contribution in [0.3, 0.4) is 0 Å². The monoisotopic (exact) mass is 367 g/mol. The third kappa shape index (κ3) is 7.26.